The Hall–Kier alpha value is -1.66. The third-order valence-electron chi connectivity index (χ3n) is 4.06. The molecule has 2 aromatic heterocycles. The Balaban J connectivity index is 1.88. The monoisotopic (exact) mass is 306 g/mol. The van der Waals surface area contributed by atoms with Gasteiger partial charge in [0.25, 0.3) is 5.91 Å². The number of aromatic nitrogens is 1. The zero-order valence-corrected chi connectivity index (χ0v) is 12.9. The molecule has 1 amide bonds. The molecule has 2 aromatic rings. The minimum absolute atomic E-state index is 0.00112. The van der Waals surface area contributed by atoms with Gasteiger partial charge < -0.3 is 14.4 Å². The third kappa shape index (κ3) is 2.49. The summed E-state index contributed by atoms with van der Waals surface area (Å²) in [5.41, 5.74) is 0.471. The van der Waals surface area contributed by atoms with Crippen LogP contribution < -0.4 is 0 Å². The van der Waals surface area contributed by atoms with Gasteiger partial charge in [0, 0.05) is 11.4 Å². The molecule has 2 unspecified atom stereocenters. The molecule has 21 heavy (non-hydrogen) atoms. The van der Waals surface area contributed by atoms with E-state index in [1.54, 1.807) is 17.2 Å². The molecule has 0 saturated carbocycles. The van der Waals surface area contributed by atoms with Crippen LogP contribution in [0.25, 0.3) is 10.8 Å². The molecule has 112 valence electrons. The summed E-state index contributed by atoms with van der Waals surface area (Å²) >= 11 is 1.45. The Morgan fingerprint density at radius 1 is 1.62 bits per heavy atom. The van der Waals surface area contributed by atoms with Crippen molar-refractivity contribution in [1.82, 2.24) is 9.88 Å². The van der Waals surface area contributed by atoms with Gasteiger partial charge in [-0.3, -0.25) is 4.79 Å². The summed E-state index contributed by atoms with van der Waals surface area (Å²) in [6, 6.07) is 3.53. The number of aliphatic hydroxyl groups excluding tert-OH is 1. The highest BCUT2D eigenvalue weighted by Gasteiger charge is 2.35. The molecule has 5 nitrogen and oxygen atoms in total. The number of aryl methyl sites for hydroxylation is 1. The number of hydrogen-bond donors (Lipinski definition) is 1. The SMILES string of the molecule is Cc1sc(-c2ccco2)nc1C(=O)N1CCC(C)C1CO. The highest BCUT2D eigenvalue weighted by atomic mass is 32.1. The van der Waals surface area contributed by atoms with Crippen LogP contribution in [0.1, 0.15) is 28.7 Å². The fraction of sp³-hybridized carbons (Fsp3) is 0.467. The van der Waals surface area contributed by atoms with E-state index >= 15 is 0 Å². The zero-order chi connectivity index (χ0) is 15.0. The van der Waals surface area contributed by atoms with Gasteiger partial charge in [-0.15, -0.1) is 11.3 Å². The molecule has 3 rings (SSSR count). The smallest absolute Gasteiger partial charge is 0.273 e. The summed E-state index contributed by atoms with van der Waals surface area (Å²) in [4.78, 5) is 19.8. The second-order valence-electron chi connectivity index (χ2n) is 5.42. The van der Waals surface area contributed by atoms with Crippen molar-refractivity contribution < 1.29 is 14.3 Å². The van der Waals surface area contributed by atoms with Crippen LogP contribution >= 0.6 is 11.3 Å². The highest BCUT2D eigenvalue weighted by Crippen LogP contribution is 2.31. The van der Waals surface area contributed by atoms with Gasteiger partial charge >= 0.3 is 0 Å². The molecule has 0 radical (unpaired) electrons. The minimum atomic E-state index is -0.106. The number of nitrogens with zero attached hydrogens (tertiary/aromatic N) is 2. The fourth-order valence-corrected chi connectivity index (χ4v) is 3.65. The molecule has 1 aliphatic heterocycles. The van der Waals surface area contributed by atoms with E-state index in [-0.39, 0.29) is 18.6 Å². The van der Waals surface area contributed by atoms with Crippen LogP contribution in [-0.4, -0.2) is 40.1 Å². The summed E-state index contributed by atoms with van der Waals surface area (Å²) in [6.45, 7) is 4.64. The van der Waals surface area contributed by atoms with Crippen molar-refractivity contribution in [2.24, 2.45) is 5.92 Å². The third-order valence-corrected chi connectivity index (χ3v) is 5.05. The van der Waals surface area contributed by atoms with Crippen molar-refractivity contribution in [3.63, 3.8) is 0 Å². The van der Waals surface area contributed by atoms with Crippen LogP contribution in [-0.2, 0) is 0 Å². The van der Waals surface area contributed by atoms with E-state index < -0.39 is 0 Å². The van der Waals surface area contributed by atoms with Crippen molar-refractivity contribution in [3.8, 4) is 10.8 Å². The maximum Gasteiger partial charge on any atom is 0.273 e. The number of likely N-dealkylation sites (tertiary alicyclic amines) is 1. The van der Waals surface area contributed by atoms with Crippen molar-refractivity contribution >= 4 is 17.2 Å². The van der Waals surface area contributed by atoms with E-state index in [2.05, 4.69) is 11.9 Å². The van der Waals surface area contributed by atoms with Crippen LogP contribution in [0.5, 0.6) is 0 Å². The summed E-state index contributed by atoms with van der Waals surface area (Å²) in [5.74, 6) is 0.906. The molecule has 1 fully saturated rings. The van der Waals surface area contributed by atoms with E-state index in [4.69, 9.17) is 4.42 Å². The van der Waals surface area contributed by atoms with Gasteiger partial charge in [0.05, 0.1) is 18.9 Å². The largest absolute Gasteiger partial charge is 0.462 e. The van der Waals surface area contributed by atoms with Crippen LogP contribution in [0.15, 0.2) is 22.8 Å². The summed E-state index contributed by atoms with van der Waals surface area (Å²) in [5, 5.41) is 10.2. The topological polar surface area (TPSA) is 66.6 Å². The number of amides is 1. The first kappa shape index (κ1) is 14.3. The Kier molecular flexibility index (Phi) is 3.82. The Morgan fingerprint density at radius 3 is 3.10 bits per heavy atom. The van der Waals surface area contributed by atoms with Crippen molar-refractivity contribution in [2.75, 3.05) is 13.2 Å². The molecule has 6 heteroatoms. The number of hydrogen-bond acceptors (Lipinski definition) is 5. The molecule has 0 aliphatic carbocycles. The Bertz CT molecular complexity index is 635. The molecular formula is C15H18N2O3S. The highest BCUT2D eigenvalue weighted by molar-refractivity contribution is 7.15. The van der Waals surface area contributed by atoms with Gasteiger partial charge in [-0.2, -0.15) is 0 Å². The van der Waals surface area contributed by atoms with Gasteiger partial charge in [0.1, 0.15) is 5.69 Å². The van der Waals surface area contributed by atoms with Crippen molar-refractivity contribution in [1.29, 1.82) is 0 Å². The average Bonchev–Trinajstić information content (AvgIpc) is 3.16. The van der Waals surface area contributed by atoms with Crippen molar-refractivity contribution in [3.05, 3.63) is 29.0 Å². The molecule has 1 saturated heterocycles. The van der Waals surface area contributed by atoms with E-state index in [0.29, 0.717) is 28.9 Å². The lowest BCUT2D eigenvalue weighted by molar-refractivity contribution is 0.0642. The number of thiazole rings is 1. The van der Waals surface area contributed by atoms with Crippen LogP contribution in [0.3, 0.4) is 0 Å². The summed E-state index contributed by atoms with van der Waals surface area (Å²) in [6.07, 6.45) is 2.52. The number of rotatable bonds is 3. The molecule has 1 N–H and O–H groups in total. The Labute approximate surface area is 127 Å². The second kappa shape index (κ2) is 5.61. The van der Waals surface area contributed by atoms with E-state index in [1.165, 1.54) is 11.3 Å². The number of aliphatic hydroxyl groups is 1. The molecule has 0 bridgehead atoms. The van der Waals surface area contributed by atoms with Crippen LogP contribution in [0.2, 0.25) is 0 Å². The zero-order valence-electron chi connectivity index (χ0n) is 12.1. The molecule has 0 spiro atoms. The van der Waals surface area contributed by atoms with Gasteiger partial charge in [0.2, 0.25) is 0 Å². The summed E-state index contributed by atoms with van der Waals surface area (Å²) in [7, 11) is 0. The van der Waals surface area contributed by atoms with Gasteiger partial charge in [-0.1, -0.05) is 6.92 Å². The first-order chi connectivity index (χ1) is 10.1. The van der Waals surface area contributed by atoms with Gasteiger partial charge in [-0.05, 0) is 31.4 Å². The average molecular weight is 306 g/mol. The number of furan rings is 1. The molecule has 2 atom stereocenters. The standard InChI is InChI=1S/C15H18N2O3S/c1-9-5-6-17(11(9)8-18)15(19)13-10(2)21-14(16-13)12-4-3-7-20-12/h3-4,7,9,11,18H,5-6,8H2,1-2H3. The van der Waals surface area contributed by atoms with Gasteiger partial charge in [0.15, 0.2) is 10.8 Å². The minimum Gasteiger partial charge on any atom is -0.462 e. The molecule has 0 aromatic carbocycles. The second-order valence-corrected chi connectivity index (χ2v) is 6.62. The van der Waals surface area contributed by atoms with E-state index in [1.807, 2.05) is 13.0 Å². The fourth-order valence-electron chi connectivity index (χ4n) is 2.78. The van der Waals surface area contributed by atoms with Crippen LogP contribution in [0.4, 0.5) is 0 Å². The first-order valence-corrected chi connectivity index (χ1v) is 7.86. The lowest BCUT2D eigenvalue weighted by atomic mass is 10.0. The van der Waals surface area contributed by atoms with E-state index in [0.717, 1.165) is 11.3 Å². The molecule has 1 aliphatic rings. The number of carbonyl (C=O) groups is 1. The molecular weight excluding hydrogens is 288 g/mol. The normalized spacial score (nSPS) is 22.0. The Morgan fingerprint density at radius 2 is 2.43 bits per heavy atom. The summed E-state index contributed by atoms with van der Waals surface area (Å²) < 4.78 is 5.34. The lowest BCUT2D eigenvalue weighted by Crippen LogP contribution is -2.40. The maximum atomic E-state index is 12.7. The van der Waals surface area contributed by atoms with Crippen molar-refractivity contribution in [2.45, 2.75) is 26.3 Å². The van der Waals surface area contributed by atoms with E-state index in [9.17, 15) is 9.90 Å². The quantitative estimate of drug-likeness (QED) is 0.946. The first-order valence-electron chi connectivity index (χ1n) is 7.05. The molecule has 3 heterocycles. The predicted octanol–water partition coefficient (Wildman–Crippen LogP) is 2.55. The maximum absolute atomic E-state index is 12.7. The van der Waals surface area contributed by atoms with Crippen LogP contribution in [0, 0.1) is 12.8 Å². The van der Waals surface area contributed by atoms with Gasteiger partial charge in [-0.25, -0.2) is 4.98 Å². The number of carbonyl (C=O) groups excluding carboxylic acids is 1. The lowest BCUT2D eigenvalue weighted by Gasteiger charge is -2.24. The predicted molar refractivity (Wildman–Crippen MR) is 80.2 cm³/mol.